The van der Waals surface area contributed by atoms with Crippen molar-refractivity contribution in [2.75, 3.05) is 36.0 Å². The third kappa shape index (κ3) is 3.05. The number of anilines is 2. The van der Waals surface area contributed by atoms with Gasteiger partial charge in [-0.15, -0.1) is 0 Å². The van der Waals surface area contributed by atoms with Crippen LogP contribution in [0.1, 0.15) is 24.5 Å². The van der Waals surface area contributed by atoms with Crippen LogP contribution in [-0.2, 0) is 0 Å². The van der Waals surface area contributed by atoms with Gasteiger partial charge < -0.3 is 9.80 Å². The highest BCUT2D eigenvalue weighted by Crippen LogP contribution is 2.38. The van der Waals surface area contributed by atoms with Crippen LogP contribution in [0, 0.1) is 0 Å². The van der Waals surface area contributed by atoms with Gasteiger partial charge in [0.1, 0.15) is 0 Å². The fourth-order valence-electron chi connectivity index (χ4n) is 3.33. The first-order valence-electron chi connectivity index (χ1n) is 8.83. The molecule has 0 unspecified atom stereocenters. The second kappa shape index (κ2) is 6.25. The minimum atomic E-state index is -0.0534. The van der Waals surface area contributed by atoms with Crippen LogP contribution in [0.4, 0.5) is 11.1 Å². The summed E-state index contributed by atoms with van der Waals surface area (Å²) in [5.74, 6) is 1.18. The summed E-state index contributed by atoms with van der Waals surface area (Å²) < 4.78 is 1.11. The van der Waals surface area contributed by atoms with Gasteiger partial charge in [-0.1, -0.05) is 22.9 Å². The highest BCUT2D eigenvalue weighted by Gasteiger charge is 2.27. The molecule has 1 aromatic carbocycles. The van der Waals surface area contributed by atoms with Gasteiger partial charge in [-0.2, -0.15) is 0 Å². The molecule has 8 heteroatoms. The van der Waals surface area contributed by atoms with Gasteiger partial charge in [0.2, 0.25) is 5.95 Å². The predicted octanol–water partition coefficient (Wildman–Crippen LogP) is 3.24. The lowest BCUT2D eigenvalue weighted by Crippen LogP contribution is -2.47. The fraction of sp³-hybridized carbons (Fsp3) is 0.389. The molecule has 0 atom stereocenters. The van der Waals surface area contributed by atoms with E-state index in [0.717, 1.165) is 65.1 Å². The number of benzene rings is 1. The van der Waals surface area contributed by atoms with Gasteiger partial charge in [0.15, 0.2) is 5.13 Å². The summed E-state index contributed by atoms with van der Waals surface area (Å²) in [5, 5.41) is 1.76. The number of piperazine rings is 1. The van der Waals surface area contributed by atoms with E-state index in [4.69, 9.17) is 16.6 Å². The molecular weight excluding hydrogens is 370 g/mol. The lowest BCUT2D eigenvalue weighted by Gasteiger charge is -2.34. The van der Waals surface area contributed by atoms with E-state index in [2.05, 4.69) is 19.8 Å². The number of aromatic nitrogens is 3. The number of nitrogens with zero attached hydrogens (tertiary/aromatic N) is 4. The van der Waals surface area contributed by atoms with Crippen LogP contribution >= 0.6 is 22.9 Å². The molecule has 0 bridgehead atoms. The van der Waals surface area contributed by atoms with E-state index < -0.39 is 0 Å². The van der Waals surface area contributed by atoms with Crippen LogP contribution in [0.5, 0.6) is 0 Å². The molecule has 5 rings (SSSR count). The van der Waals surface area contributed by atoms with E-state index >= 15 is 0 Å². The zero-order valence-electron chi connectivity index (χ0n) is 14.1. The quantitative estimate of drug-likeness (QED) is 0.747. The van der Waals surface area contributed by atoms with Gasteiger partial charge in [0.05, 0.1) is 15.9 Å². The summed E-state index contributed by atoms with van der Waals surface area (Å²) in [7, 11) is 0. The van der Waals surface area contributed by atoms with E-state index in [0.29, 0.717) is 11.9 Å². The molecule has 2 fully saturated rings. The Kier molecular flexibility index (Phi) is 3.86. The Morgan fingerprint density at radius 1 is 1.08 bits per heavy atom. The normalized spacial score (nSPS) is 17.9. The molecule has 1 aliphatic heterocycles. The van der Waals surface area contributed by atoms with Crippen LogP contribution in [0.25, 0.3) is 10.2 Å². The number of hydrogen-bond acceptors (Lipinski definition) is 6. The van der Waals surface area contributed by atoms with E-state index in [1.807, 2.05) is 18.2 Å². The second-order valence-corrected chi connectivity index (χ2v) is 8.30. The van der Waals surface area contributed by atoms with Crippen molar-refractivity contribution >= 4 is 44.2 Å². The van der Waals surface area contributed by atoms with E-state index in [1.165, 1.54) is 0 Å². The largest absolute Gasteiger partial charge is 0.345 e. The molecule has 26 heavy (non-hydrogen) atoms. The van der Waals surface area contributed by atoms with Crippen molar-refractivity contribution in [3.05, 3.63) is 45.3 Å². The zero-order chi connectivity index (χ0) is 17.7. The number of halogens is 1. The van der Waals surface area contributed by atoms with Crippen molar-refractivity contribution in [1.82, 2.24) is 15.0 Å². The van der Waals surface area contributed by atoms with Gasteiger partial charge in [-0.3, -0.25) is 9.78 Å². The number of rotatable bonds is 3. The molecule has 1 saturated heterocycles. The molecule has 3 heterocycles. The van der Waals surface area contributed by atoms with Gasteiger partial charge in [0.25, 0.3) is 5.56 Å². The summed E-state index contributed by atoms with van der Waals surface area (Å²) in [6.45, 7) is 3.33. The Balaban J connectivity index is 1.33. The standard InChI is InChI=1S/C18H18ClN5OS/c19-12-3-4-13-15(9-12)26-18(21-13)24-7-5-23(6-8-24)17-20-14(11-1-2-11)10-16(25)22-17/h3-4,9-11H,1-2,5-8H2,(H,20,22,25). The van der Waals surface area contributed by atoms with Crippen LogP contribution in [0.15, 0.2) is 29.1 Å². The van der Waals surface area contributed by atoms with E-state index in [-0.39, 0.29) is 5.56 Å². The third-order valence-electron chi connectivity index (χ3n) is 4.93. The number of aromatic amines is 1. The van der Waals surface area contributed by atoms with Crippen molar-refractivity contribution in [3.63, 3.8) is 0 Å². The Morgan fingerprint density at radius 2 is 1.85 bits per heavy atom. The Hall–Kier alpha value is -2.12. The first kappa shape index (κ1) is 16.1. The van der Waals surface area contributed by atoms with Crippen molar-refractivity contribution in [2.45, 2.75) is 18.8 Å². The first-order valence-corrected chi connectivity index (χ1v) is 10.0. The zero-order valence-corrected chi connectivity index (χ0v) is 15.7. The van der Waals surface area contributed by atoms with Crippen molar-refractivity contribution < 1.29 is 0 Å². The van der Waals surface area contributed by atoms with Crippen LogP contribution in [0.3, 0.4) is 0 Å². The Morgan fingerprint density at radius 3 is 2.62 bits per heavy atom. The van der Waals surface area contributed by atoms with Gasteiger partial charge >= 0.3 is 0 Å². The lowest BCUT2D eigenvalue weighted by molar-refractivity contribution is 0.636. The van der Waals surface area contributed by atoms with Crippen molar-refractivity contribution in [1.29, 1.82) is 0 Å². The van der Waals surface area contributed by atoms with E-state index in [9.17, 15) is 4.79 Å². The number of H-pyrrole nitrogens is 1. The summed E-state index contributed by atoms with van der Waals surface area (Å²) in [6, 6.07) is 7.45. The number of nitrogens with one attached hydrogen (secondary N) is 1. The maximum Gasteiger partial charge on any atom is 0.252 e. The van der Waals surface area contributed by atoms with Crippen molar-refractivity contribution in [2.24, 2.45) is 0 Å². The molecule has 2 aliphatic rings. The molecule has 3 aromatic rings. The van der Waals surface area contributed by atoms with Crippen LogP contribution in [0.2, 0.25) is 5.02 Å². The Bertz CT molecular complexity index is 1020. The number of thiazole rings is 1. The molecule has 2 aromatic heterocycles. The van der Waals surface area contributed by atoms with Gasteiger partial charge in [-0.05, 0) is 31.0 Å². The summed E-state index contributed by atoms with van der Waals surface area (Å²) >= 11 is 7.75. The first-order chi connectivity index (χ1) is 12.7. The molecule has 1 aliphatic carbocycles. The summed E-state index contributed by atoms with van der Waals surface area (Å²) in [6.07, 6.45) is 2.29. The SMILES string of the molecule is O=c1cc(C2CC2)nc(N2CCN(c3nc4ccc(Cl)cc4s3)CC2)[nH]1. The third-order valence-corrected chi connectivity index (χ3v) is 6.25. The molecular formula is C18H18ClN5OS. The van der Waals surface area contributed by atoms with Gasteiger partial charge in [0, 0.05) is 43.2 Å². The van der Waals surface area contributed by atoms with Crippen LogP contribution < -0.4 is 15.4 Å². The van der Waals surface area contributed by atoms with E-state index in [1.54, 1.807) is 17.4 Å². The smallest absolute Gasteiger partial charge is 0.252 e. The highest BCUT2D eigenvalue weighted by molar-refractivity contribution is 7.22. The minimum Gasteiger partial charge on any atom is -0.345 e. The molecule has 134 valence electrons. The lowest BCUT2D eigenvalue weighted by atomic mass is 10.3. The van der Waals surface area contributed by atoms with Crippen LogP contribution in [-0.4, -0.2) is 41.1 Å². The van der Waals surface area contributed by atoms with Gasteiger partial charge in [-0.25, -0.2) is 9.97 Å². The topological polar surface area (TPSA) is 65.1 Å². The molecule has 1 saturated carbocycles. The molecule has 0 radical (unpaired) electrons. The molecule has 0 spiro atoms. The second-order valence-electron chi connectivity index (χ2n) is 6.85. The molecule has 1 N–H and O–H groups in total. The number of hydrogen-bond donors (Lipinski definition) is 1. The minimum absolute atomic E-state index is 0.0534. The highest BCUT2D eigenvalue weighted by atomic mass is 35.5. The summed E-state index contributed by atoms with van der Waals surface area (Å²) in [4.78, 5) is 28.7. The molecule has 0 amide bonds. The number of fused-ring (bicyclic) bond motifs is 1. The predicted molar refractivity (Wildman–Crippen MR) is 106 cm³/mol. The average Bonchev–Trinajstić information content (AvgIpc) is 3.41. The summed E-state index contributed by atoms with van der Waals surface area (Å²) in [5.41, 5.74) is 1.87. The van der Waals surface area contributed by atoms with Crippen molar-refractivity contribution in [3.8, 4) is 0 Å². The Labute approximate surface area is 159 Å². The molecule has 6 nitrogen and oxygen atoms in total. The average molecular weight is 388 g/mol. The monoisotopic (exact) mass is 387 g/mol. The fourth-order valence-corrected chi connectivity index (χ4v) is 4.63. The maximum atomic E-state index is 11.9. The maximum absolute atomic E-state index is 11.9.